The number of carbonyl (C=O) groups is 1. The van der Waals surface area contributed by atoms with E-state index in [1.54, 1.807) is 31.4 Å². The maximum Gasteiger partial charge on any atom is 0.352 e. The van der Waals surface area contributed by atoms with Crippen molar-refractivity contribution in [1.29, 1.82) is 0 Å². The molecule has 0 bridgehead atoms. The van der Waals surface area contributed by atoms with Crippen LogP contribution < -0.4 is 21.3 Å². The lowest BCUT2D eigenvalue weighted by Gasteiger charge is -2.11. The molecule has 2 heterocycles. The average Bonchev–Trinajstić information content (AvgIpc) is 3.11. The molecule has 0 fully saturated rings. The Morgan fingerprint density at radius 3 is 2.50 bits per heavy atom. The number of benzene rings is 2. The fraction of sp³-hybridized carbons (Fsp3) is 0.304. The van der Waals surface area contributed by atoms with E-state index in [1.165, 1.54) is 8.97 Å². The van der Waals surface area contributed by atoms with E-state index in [-0.39, 0.29) is 29.7 Å². The summed E-state index contributed by atoms with van der Waals surface area (Å²) in [6.07, 6.45) is 0. The Labute approximate surface area is 183 Å². The molecule has 2 aromatic carbocycles. The van der Waals surface area contributed by atoms with Gasteiger partial charge >= 0.3 is 5.69 Å². The number of nitrogens with one attached hydrogen (secondary N) is 1. The van der Waals surface area contributed by atoms with Crippen molar-refractivity contribution in [2.24, 2.45) is 5.92 Å². The smallest absolute Gasteiger partial charge is 0.352 e. The molecule has 0 aliphatic heterocycles. The number of hydrogen-bond donors (Lipinski definition) is 1. The molecule has 0 unspecified atom stereocenters. The molecular weight excluding hydrogens is 410 g/mol. The van der Waals surface area contributed by atoms with Crippen LogP contribution in [0.1, 0.15) is 19.4 Å². The highest BCUT2D eigenvalue weighted by atomic mass is 16.5. The van der Waals surface area contributed by atoms with E-state index in [9.17, 15) is 14.4 Å². The first kappa shape index (κ1) is 21.4. The van der Waals surface area contributed by atoms with E-state index >= 15 is 0 Å². The number of aromatic nitrogens is 4. The molecule has 0 spiro atoms. The van der Waals surface area contributed by atoms with Crippen molar-refractivity contribution in [3.63, 3.8) is 0 Å². The topological polar surface area (TPSA) is 99.6 Å². The van der Waals surface area contributed by atoms with Gasteiger partial charge in [-0.1, -0.05) is 38.1 Å². The minimum Gasteiger partial charge on any atom is -0.497 e. The standard InChI is InChI=1S/C23H25N5O4/c1-15(2)13-26-21(30)18-6-4-5-7-19(18)28-22(26)25-27(23(28)31)14-20(29)24-12-16-8-10-17(32-3)11-9-16/h4-11,15H,12-14H2,1-3H3,(H,24,29). The highest BCUT2D eigenvalue weighted by molar-refractivity contribution is 5.80. The molecule has 0 saturated heterocycles. The van der Waals surface area contributed by atoms with Gasteiger partial charge in [0.25, 0.3) is 5.56 Å². The summed E-state index contributed by atoms with van der Waals surface area (Å²) in [5.74, 6) is 0.783. The van der Waals surface area contributed by atoms with Gasteiger partial charge in [-0.2, -0.15) is 0 Å². The first-order valence-corrected chi connectivity index (χ1v) is 10.4. The third-order valence-electron chi connectivity index (χ3n) is 5.17. The number of nitrogens with zero attached hydrogens (tertiary/aromatic N) is 4. The van der Waals surface area contributed by atoms with Crippen LogP contribution in [0.15, 0.2) is 58.1 Å². The third-order valence-corrected chi connectivity index (χ3v) is 5.17. The lowest BCUT2D eigenvalue weighted by atomic mass is 10.2. The van der Waals surface area contributed by atoms with Gasteiger partial charge in [0.05, 0.1) is 18.0 Å². The van der Waals surface area contributed by atoms with Gasteiger partial charge in [-0.05, 0) is 35.7 Å². The quantitative estimate of drug-likeness (QED) is 0.477. The van der Waals surface area contributed by atoms with Crippen molar-refractivity contribution in [1.82, 2.24) is 24.1 Å². The van der Waals surface area contributed by atoms with Crippen LogP contribution in [-0.2, 0) is 24.4 Å². The summed E-state index contributed by atoms with van der Waals surface area (Å²) in [7, 11) is 1.59. The minimum atomic E-state index is -0.465. The molecule has 0 radical (unpaired) electrons. The number of carbonyl (C=O) groups excluding carboxylic acids is 1. The Bertz CT molecular complexity index is 1400. The lowest BCUT2D eigenvalue weighted by molar-refractivity contribution is -0.122. The molecule has 1 N–H and O–H groups in total. The molecule has 9 heteroatoms. The SMILES string of the molecule is COc1ccc(CNC(=O)Cn2nc3n(CC(C)C)c(=O)c4ccccc4n3c2=O)cc1. The molecule has 0 saturated carbocycles. The van der Waals surface area contributed by atoms with E-state index in [4.69, 9.17) is 4.74 Å². The number of hydrogen-bond acceptors (Lipinski definition) is 5. The summed E-state index contributed by atoms with van der Waals surface area (Å²) in [5.41, 5.74) is 0.705. The maximum absolute atomic E-state index is 13.1. The van der Waals surface area contributed by atoms with Gasteiger partial charge < -0.3 is 10.1 Å². The zero-order chi connectivity index (χ0) is 22.8. The molecule has 2 aromatic heterocycles. The number of ether oxygens (including phenoxy) is 1. The van der Waals surface area contributed by atoms with Crippen LogP contribution in [0.5, 0.6) is 5.75 Å². The van der Waals surface area contributed by atoms with E-state index in [0.717, 1.165) is 16.0 Å². The van der Waals surface area contributed by atoms with Crippen molar-refractivity contribution in [3.8, 4) is 5.75 Å². The van der Waals surface area contributed by atoms with Crippen LogP contribution in [0.25, 0.3) is 16.7 Å². The van der Waals surface area contributed by atoms with Crippen LogP contribution in [0.3, 0.4) is 0 Å². The van der Waals surface area contributed by atoms with Gasteiger partial charge in [-0.3, -0.25) is 14.2 Å². The summed E-state index contributed by atoms with van der Waals surface area (Å²) in [6.45, 7) is 4.44. The van der Waals surface area contributed by atoms with Crippen molar-refractivity contribution >= 4 is 22.6 Å². The van der Waals surface area contributed by atoms with Crippen molar-refractivity contribution in [2.45, 2.75) is 33.5 Å². The molecule has 1 amide bonds. The molecule has 0 aliphatic rings. The van der Waals surface area contributed by atoms with Crippen molar-refractivity contribution in [2.75, 3.05) is 7.11 Å². The number of para-hydroxylation sites is 1. The second kappa shape index (κ2) is 8.70. The van der Waals surface area contributed by atoms with Crippen LogP contribution >= 0.6 is 0 Å². The molecule has 4 aromatic rings. The normalized spacial score (nSPS) is 11.4. The predicted octanol–water partition coefficient (Wildman–Crippen LogP) is 1.79. The monoisotopic (exact) mass is 435 g/mol. The first-order valence-electron chi connectivity index (χ1n) is 10.4. The molecule has 9 nitrogen and oxygen atoms in total. The Morgan fingerprint density at radius 2 is 1.81 bits per heavy atom. The Kier molecular flexibility index (Phi) is 5.81. The van der Waals surface area contributed by atoms with Gasteiger partial charge in [0.15, 0.2) is 0 Å². The number of fused-ring (bicyclic) bond motifs is 3. The maximum atomic E-state index is 13.1. The summed E-state index contributed by atoms with van der Waals surface area (Å²) in [4.78, 5) is 38.7. The van der Waals surface area contributed by atoms with Gasteiger partial charge in [0.1, 0.15) is 12.3 Å². The van der Waals surface area contributed by atoms with Crippen LogP contribution in [-0.4, -0.2) is 31.8 Å². The van der Waals surface area contributed by atoms with E-state index in [2.05, 4.69) is 10.4 Å². The Hall–Kier alpha value is -3.88. The lowest BCUT2D eigenvalue weighted by Crippen LogP contribution is -2.32. The fourth-order valence-electron chi connectivity index (χ4n) is 3.64. The fourth-order valence-corrected chi connectivity index (χ4v) is 3.64. The Morgan fingerprint density at radius 1 is 1.09 bits per heavy atom. The zero-order valence-corrected chi connectivity index (χ0v) is 18.2. The average molecular weight is 435 g/mol. The van der Waals surface area contributed by atoms with Gasteiger partial charge in [-0.15, -0.1) is 5.10 Å². The van der Waals surface area contributed by atoms with Crippen molar-refractivity contribution < 1.29 is 9.53 Å². The molecule has 0 aliphatic carbocycles. The third kappa shape index (κ3) is 4.01. The Balaban J connectivity index is 1.66. The molecular formula is C23H25N5O4. The molecule has 32 heavy (non-hydrogen) atoms. The molecule has 0 atom stereocenters. The molecule has 4 rings (SSSR count). The van der Waals surface area contributed by atoms with Gasteiger partial charge in [-0.25, -0.2) is 13.9 Å². The highest BCUT2D eigenvalue weighted by Gasteiger charge is 2.19. The second-order valence-electron chi connectivity index (χ2n) is 8.03. The zero-order valence-electron chi connectivity index (χ0n) is 18.2. The number of amides is 1. The first-order chi connectivity index (χ1) is 15.4. The van der Waals surface area contributed by atoms with E-state index in [0.29, 0.717) is 24.0 Å². The summed E-state index contributed by atoms with van der Waals surface area (Å²) in [6, 6.07) is 14.3. The second-order valence-corrected chi connectivity index (χ2v) is 8.03. The van der Waals surface area contributed by atoms with E-state index in [1.807, 2.05) is 38.1 Å². The number of methoxy groups -OCH3 is 1. The summed E-state index contributed by atoms with van der Waals surface area (Å²) < 4.78 is 9.13. The van der Waals surface area contributed by atoms with Crippen LogP contribution in [0, 0.1) is 5.92 Å². The number of rotatable bonds is 7. The minimum absolute atomic E-state index is 0.172. The van der Waals surface area contributed by atoms with Gasteiger partial charge in [0, 0.05) is 13.1 Å². The summed E-state index contributed by atoms with van der Waals surface area (Å²) in [5, 5.41) is 7.58. The predicted molar refractivity (Wildman–Crippen MR) is 121 cm³/mol. The summed E-state index contributed by atoms with van der Waals surface area (Å²) >= 11 is 0. The van der Waals surface area contributed by atoms with E-state index < -0.39 is 5.69 Å². The van der Waals surface area contributed by atoms with Crippen LogP contribution in [0.4, 0.5) is 0 Å². The molecule has 166 valence electrons. The van der Waals surface area contributed by atoms with Crippen LogP contribution in [0.2, 0.25) is 0 Å². The largest absolute Gasteiger partial charge is 0.497 e. The highest BCUT2D eigenvalue weighted by Crippen LogP contribution is 2.13. The van der Waals surface area contributed by atoms with Gasteiger partial charge in [0.2, 0.25) is 11.7 Å². The van der Waals surface area contributed by atoms with Crippen molar-refractivity contribution in [3.05, 3.63) is 74.9 Å².